The van der Waals surface area contributed by atoms with Crippen LogP contribution in [0.4, 0.5) is 0 Å². The molecule has 0 radical (unpaired) electrons. The molecule has 0 saturated heterocycles. The van der Waals surface area contributed by atoms with E-state index in [9.17, 15) is 13.0 Å². The summed E-state index contributed by atoms with van der Waals surface area (Å²) in [5.41, 5.74) is 1.31. The smallest absolute Gasteiger partial charge is 0.282 e. The Morgan fingerprint density at radius 2 is 1.83 bits per heavy atom. The fraction of sp³-hybridized carbons (Fsp3) is 0.333. The molecule has 23 heavy (non-hydrogen) atoms. The Morgan fingerprint density at radius 3 is 2.39 bits per heavy atom. The second-order valence-corrected chi connectivity index (χ2v) is 9.76. The summed E-state index contributed by atoms with van der Waals surface area (Å²) in [6.07, 6.45) is 2.67. The molecule has 0 spiro atoms. The van der Waals surface area contributed by atoms with Crippen molar-refractivity contribution >= 4 is 27.6 Å². The van der Waals surface area contributed by atoms with Crippen LogP contribution in [0.15, 0.2) is 45.8 Å². The van der Waals surface area contributed by atoms with E-state index in [1.807, 2.05) is 6.92 Å². The molecule has 0 bridgehead atoms. The fourth-order valence-corrected chi connectivity index (χ4v) is 3.24. The topological polar surface area (TPSA) is 87.4 Å². The first-order valence-electron chi connectivity index (χ1n) is 6.95. The number of benzene rings is 1. The zero-order chi connectivity index (χ0) is 17.3. The van der Waals surface area contributed by atoms with Gasteiger partial charge in [-0.3, -0.25) is 0 Å². The van der Waals surface area contributed by atoms with Gasteiger partial charge < -0.3 is 4.55 Å². The van der Waals surface area contributed by atoms with E-state index < -0.39 is 26.1 Å². The number of hydrogen-bond acceptors (Lipinski definition) is 5. The van der Waals surface area contributed by atoms with E-state index in [0.29, 0.717) is 5.69 Å². The second-order valence-electron chi connectivity index (χ2n) is 6.03. The van der Waals surface area contributed by atoms with Crippen LogP contribution < -0.4 is 0 Å². The Balaban J connectivity index is 2.25. The van der Waals surface area contributed by atoms with Crippen molar-refractivity contribution in [1.29, 1.82) is 0 Å². The minimum atomic E-state index is -3.73. The van der Waals surface area contributed by atoms with Crippen molar-refractivity contribution in [2.75, 3.05) is 0 Å². The summed E-state index contributed by atoms with van der Waals surface area (Å²) < 4.78 is 41.1. The van der Waals surface area contributed by atoms with Crippen molar-refractivity contribution in [3.05, 3.63) is 47.8 Å². The van der Waals surface area contributed by atoms with Gasteiger partial charge in [0.2, 0.25) is 0 Å². The van der Waals surface area contributed by atoms with E-state index >= 15 is 0 Å². The molecule has 0 N–H and O–H groups in total. The van der Waals surface area contributed by atoms with Gasteiger partial charge in [-0.1, -0.05) is 22.1 Å². The maximum Gasteiger partial charge on any atom is 0.282 e. The molecule has 2 aromatic rings. The summed E-state index contributed by atoms with van der Waals surface area (Å²) in [5.74, 6) is 0. The van der Waals surface area contributed by atoms with Crippen LogP contribution in [0.2, 0.25) is 0 Å². The van der Waals surface area contributed by atoms with Gasteiger partial charge in [0.15, 0.2) is 0 Å². The lowest BCUT2D eigenvalue weighted by Crippen LogP contribution is -2.25. The largest absolute Gasteiger partial charge is 0.591 e. The molecule has 1 heterocycles. The van der Waals surface area contributed by atoms with Crippen LogP contribution in [0.5, 0.6) is 0 Å². The first-order valence-corrected chi connectivity index (χ1v) is 9.49. The van der Waals surface area contributed by atoms with Crippen molar-refractivity contribution in [3.8, 4) is 0 Å². The lowest BCUT2D eigenvalue weighted by atomic mass is 10.2. The highest BCUT2D eigenvalue weighted by Crippen LogP contribution is 2.17. The van der Waals surface area contributed by atoms with Crippen LogP contribution in [-0.4, -0.2) is 33.1 Å². The first kappa shape index (κ1) is 17.7. The summed E-state index contributed by atoms with van der Waals surface area (Å²) in [6, 6.07) is 8.04. The highest BCUT2D eigenvalue weighted by molar-refractivity contribution is 7.91. The normalized spacial score (nSPS) is 14.3. The Morgan fingerprint density at radius 1 is 1.22 bits per heavy atom. The van der Waals surface area contributed by atoms with Gasteiger partial charge in [-0.05, 0) is 45.9 Å². The Kier molecular flexibility index (Phi) is 4.98. The monoisotopic (exact) mass is 353 g/mol. The predicted molar refractivity (Wildman–Crippen MR) is 91.5 cm³/mol. The van der Waals surface area contributed by atoms with Crippen LogP contribution in [0.3, 0.4) is 0 Å². The van der Waals surface area contributed by atoms with Gasteiger partial charge >= 0.3 is 0 Å². The van der Waals surface area contributed by atoms with Crippen molar-refractivity contribution < 1.29 is 13.0 Å². The fourth-order valence-electron chi connectivity index (χ4n) is 1.60. The number of aromatic nitrogens is 2. The predicted octanol–water partition coefficient (Wildman–Crippen LogP) is 2.31. The average molecular weight is 353 g/mol. The highest BCUT2D eigenvalue weighted by atomic mass is 32.2. The Labute approximate surface area is 139 Å². The molecular formula is C15H19N3O3S2. The third-order valence-electron chi connectivity index (χ3n) is 2.96. The number of rotatable bonds is 4. The van der Waals surface area contributed by atoms with Crippen molar-refractivity contribution in [2.45, 2.75) is 37.3 Å². The number of hydrogen-bond donors (Lipinski definition) is 0. The van der Waals surface area contributed by atoms with E-state index in [0.717, 1.165) is 9.65 Å². The van der Waals surface area contributed by atoms with Gasteiger partial charge in [-0.15, -0.1) is 0 Å². The maximum absolute atomic E-state index is 12.5. The molecule has 1 unspecified atom stereocenters. The third-order valence-corrected chi connectivity index (χ3v) is 5.86. The average Bonchev–Trinajstić information content (AvgIpc) is 2.93. The van der Waals surface area contributed by atoms with Crippen LogP contribution >= 0.6 is 0 Å². The van der Waals surface area contributed by atoms with E-state index in [-0.39, 0.29) is 4.90 Å². The van der Waals surface area contributed by atoms with Gasteiger partial charge in [0, 0.05) is 6.20 Å². The molecule has 2 rings (SSSR count). The third kappa shape index (κ3) is 4.21. The molecular weight excluding hydrogens is 334 g/mol. The van der Waals surface area contributed by atoms with Gasteiger partial charge in [0.1, 0.15) is 28.0 Å². The second kappa shape index (κ2) is 6.46. The molecule has 0 aliphatic rings. The number of nitrogens with zero attached hydrogens (tertiary/aromatic N) is 3. The van der Waals surface area contributed by atoms with Crippen molar-refractivity contribution in [3.63, 3.8) is 0 Å². The lowest BCUT2D eigenvalue weighted by Gasteiger charge is -2.17. The molecule has 0 saturated carbocycles. The summed E-state index contributed by atoms with van der Waals surface area (Å²) in [7, 11) is -3.73. The zero-order valence-corrected chi connectivity index (χ0v) is 15.1. The van der Waals surface area contributed by atoms with Gasteiger partial charge in [0.05, 0.1) is 4.90 Å². The molecule has 1 aromatic carbocycles. The van der Waals surface area contributed by atoms with Crippen LogP contribution in [0.25, 0.3) is 0 Å². The van der Waals surface area contributed by atoms with Gasteiger partial charge in [-0.25, -0.2) is 0 Å². The van der Waals surface area contributed by atoms with E-state index in [1.54, 1.807) is 32.9 Å². The molecule has 1 atom stereocenters. The molecule has 0 aliphatic carbocycles. The van der Waals surface area contributed by atoms with E-state index in [2.05, 4.69) is 9.50 Å². The standard InChI is InChI=1S/C15H19N3O3S2/c1-12-5-7-14(8-6-12)23(20,21)18-10-9-13(17-18)11-16-22(19)15(2,3)4/h5-11H,1-4H3/b16-11+. The van der Waals surface area contributed by atoms with E-state index in [1.165, 1.54) is 30.6 Å². The van der Waals surface area contributed by atoms with E-state index in [4.69, 9.17) is 0 Å². The quantitative estimate of drug-likeness (QED) is 0.623. The summed E-state index contributed by atoms with van der Waals surface area (Å²) in [6.45, 7) is 7.30. The molecule has 0 fully saturated rings. The van der Waals surface area contributed by atoms with Crippen molar-refractivity contribution in [1.82, 2.24) is 9.19 Å². The van der Waals surface area contributed by atoms with Crippen LogP contribution in [-0.2, 0) is 21.4 Å². The van der Waals surface area contributed by atoms with Gasteiger partial charge in [-0.2, -0.15) is 17.6 Å². The lowest BCUT2D eigenvalue weighted by molar-refractivity contribution is 0.562. The summed E-state index contributed by atoms with van der Waals surface area (Å²) >= 11 is -1.42. The molecule has 0 amide bonds. The minimum Gasteiger partial charge on any atom is -0.591 e. The van der Waals surface area contributed by atoms with Gasteiger partial charge in [0.25, 0.3) is 10.0 Å². The Bertz CT molecular complexity index is 803. The highest BCUT2D eigenvalue weighted by Gasteiger charge is 2.26. The minimum absolute atomic E-state index is 0.160. The SMILES string of the molecule is Cc1ccc(S(=O)(=O)n2ccc(/C=N/[S+]([O-])C(C)(C)C)n2)cc1. The first-order chi connectivity index (χ1) is 10.6. The number of aryl methyl sites for hydroxylation is 1. The van der Waals surface area contributed by atoms with Crippen LogP contribution in [0, 0.1) is 6.92 Å². The maximum atomic E-state index is 12.5. The Hall–Kier alpha value is -1.64. The summed E-state index contributed by atoms with van der Waals surface area (Å²) in [4.78, 5) is 0.160. The zero-order valence-electron chi connectivity index (χ0n) is 13.4. The van der Waals surface area contributed by atoms with Crippen LogP contribution in [0.1, 0.15) is 32.0 Å². The molecule has 0 aliphatic heterocycles. The summed E-state index contributed by atoms with van der Waals surface area (Å²) in [5, 5.41) is 3.98. The molecule has 1 aromatic heterocycles. The molecule has 124 valence electrons. The van der Waals surface area contributed by atoms with Crippen molar-refractivity contribution in [2.24, 2.45) is 4.40 Å². The molecule has 8 heteroatoms. The molecule has 6 nitrogen and oxygen atoms in total.